The Morgan fingerprint density at radius 1 is 1.17 bits per heavy atom. The molecule has 0 aliphatic heterocycles. The summed E-state index contributed by atoms with van der Waals surface area (Å²) >= 11 is 0. The molecule has 0 heterocycles. The van der Waals surface area contributed by atoms with E-state index < -0.39 is 0 Å². The first kappa shape index (κ1) is 14.8. The summed E-state index contributed by atoms with van der Waals surface area (Å²) in [6, 6.07) is 11.8. The molecular formula is C14H18ClNO2. The zero-order chi connectivity index (χ0) is 12.3. The molecule has 1 atom stereocenters. The summed E-state index contributed by atoms with van der Waals surface area (Å²) in [7, 11) is 1.67. The molecule has 0 saturated heterocycles. The zero-order valence-corrected chi connectivity index (χ0v) is 11.1. The van der Waals surface area contributed by atoms with Crippen molar-refractivity contribution in [1.82, 2.24) is 0 Å². The van der Waals surface area contributed by atoms with Gasteiger partial charge in [0.25, 0.3) is 0 Å². The van der Waals surface area contributed by atoms with Crippen LogP contribution in [0.4, 0.5) is 0 Å². The molecule has 0 aliphatic rings. The van der Waals surface area contributed by atoms with Gasteiger partial charge in [-0.25, -0.2) is 0 Å². The van der Waals surface area contributed by atoms with E-state index in [0.29, 0.717) is 6.42 Å². The smallest absolute Gasteiger partial charge is 0.126 e. The molecule has 0 radical (unpaired) electrons. The minimum atomic E-state index is -0.216. The topological polar surface area (TPSA) is 55.5 Å². The van der Waals surface area contributed by atoms with Crippen molar-refractivity contribution in [2.45, 2.75) is 12.5 Å². The number of aliphatic hydroxyl groups excluding tert-OH is 1. The van der Waals surface area contributed by atoms with Gasteiger partial charge in [-0.15, -0.1) is 12.4 Å². The van der Waals surface area contributed by atoms with Crippen LogP contribution < -0.4 is 10.5 Å². The van der Waals surface area contributed by atoms with Crippen LogP contribution in [0.25, 0.3) is 10.8 Å². The summed E-state index contributed by atoms with van der Waals surface area (Å²) in [6.07, 6.45) is 0.668. The van der Waals surface area contributed by atoms with Crippen LogP contribution in [0.15, 0.2) is 36.4 Å². The summed E-state index contributed by atoms with van der Waals surface area (Å²) in [5, 5.41) is 11.2. The van der Waals surface area contributed by atoms with E-state index in [1.54, 1.807) is 7.11 Å². The lowest BCUT2D eigenvalue weighted by Crippen LogP contribution is -2.26. The van der Waals surface area contributed by atoms with Crippen LogP contribution in [0.3, 0.4) is 0 Å². The normalized spacial score (nSPS) is 11.9. The van der Waals surface area contributed by atoms with Crippen LogP contribution in [0.5, 0.6) is 5.75 Å². The Hall–Kier alpha value is -1.29. The fourth-order valence-electron chi connectivity index (χ4n) is 2.04. The van der Waals surface area contributed by atoms with Crippen LogP contribution >= 0.6 is 12.4 Å². The molecule has 3 N–H and O–H groups in total. The molecule has 0 fully saturated rings. The lowest BCUT2D eigenvalue weighted by Gasteiger charge is -2.13. The number of halogens is 1. The molecule has 4 heteroatoms. The van der Waals surface area contributed by atoms with Crippen molar-refractivity contribution in [3.05, 3.63) is 42.0 Å². The molecular weight excluding hydrogens is 250 g/mol. The Kier molecular flexibility index (Phi) is 5.41. The van der Waals surface area contributed by atoms with Gasteiger partial charge in [-0.05, 0) is 23.4 Å². The Balaban J connectivity index is 0.00000162. The maximum Gasteiger partial charge on any atom is 0.126 e. The largest absolute Gasteiger partial charge is 0.496 e. The van der Waals surface area contributed by atoms with E-state index in [1.807, 2.05) is 30.3 Å². The second-order valence-corrected chi connectivity index (χ2v) is 4.12. The second-order valence-electron chi connectivity index (χ2n) is 4.12. The third-order valence-corrected chi connectivity index (χ3v) is 2.91. The average molecular weight is 268 g/mol. The van der Waals surface area contributed by atoms with Gasteiger partial charge in [0.1, 0.15) is 5.75 Å². The predicted molar refractivity (Wildman–Crippen MR) is 76.5 cm³/mol. The molecule has 0 saturated carbocycles. The zero-order valence-electron chi connectivity index (χ0n) is 10.3. The van der Waals surface area contributed by atoms with Gasteiger partial charge in [0.15, 0.2) is 0 Å². The third kappa shape index (κ3) is 2.93. The van der Waals surface area contributed by atoms with E-state index in [9.17, 15) is 0 Å². The SMILES string of the molecule is COc1ccc(CC(N)CO)c2ccccc12.Cl. The highest BCUT2D eigenvalue weighted by Crippen LogP contribution is 2.28. The van der Waals surface area contributed by atoms with Gasteiger partial charge in [0.2, 0.25) is 0 Å². The molecule has 18 heavy (non-hydrogen) atoms. The Morgan fingerprint density at radius 2 is 1.83 bits per heavy atom. The van der Waals surface area contributed by atoms with E-state index in [4.69, 9.17) is 15.6 Å². The van der Waals surface area contributed by atoms with Crippen molar-refractivity contribution >= 4 is 23.2 Å². The highest BCUT2D eigenvalue weighted by Gasteiger charge is 2.08. The van der Waals surface area contributed by atoms with Crippen LogP contribution in [0.1, 0.15) is 5.56 Å². The van der Waals surface area contributed by atoms with Crippen LogP contribution in [-0.4, -0.2) is 24.9 Å². The van der Waals surface area contributed by atoms with E-state index in [0.717, 1.165) is 22.1 Å². The molecule has 0 amide bonds. The molecule has 0 spiro atoms. The van der Waals surface area contributed by atoms with E-state index in [1.165, 1.54) is 0 Å². The molecule has 98 valence electrons. The number of ether oxygens (including phenoxy) is 1. The molecule has 0 aromatic heterocycles. The van der Waals surface area contributed by atoms with Gasteiger partial charge in [-0.3, -0.25) is 0 Å². The highest BCUT2D eigenvalue weighted by atomic mass is 35.5. The number of aliphatic hydroxyl groups is 1. The van der Waals surface area contributed by atoms with Crippen molar-refractivity contribution in [3.63, 3.8) is 0 Å². The van der Waals surface area contributed by atoms with E-state index in [-0.39, 0.29) is 25.1 Å². The minimum Gasteiger partial charge on any atom is -0.496 e. The van der Waals surface area contributed by atoms with Crippen LogP contribution in [-0.2, 0) is 6.42 Å². The Labute approximate surface area is 113 Å². The Bertz CT molecular complexity index is 516. The van der Waals surface area contributed by atoms with Crippen molar-refractivity contribution in [2.75, 3.05) is 13.7 Å². The third-order valence-electron chi connectivity index (χ3n) is 2.91. The van der Waals surface area contributed by atoms with E-state index in [2.05, 4.69) is 6.07 Å². The van der Waals surface area contributed by atoms with Crippen LogP contribution in [0.2, 0.25) is 0 Å². The molecule has 0 aliphatic carbocycles. The Morgan fingerprint density at radius 3 is 2.44 bits per heavy atom. The maximum atomic E-state index is 9.02. The standard InChI is InChI=1S/C14H17NO2.ClH/c1-17-14-7-6-10(8-11(15)9-16)12-4-2-3-5-13(12)14;/h2-7,11,16H,8-9,15H2,1H3;1H. The second kappa shape index (κ2) is 6.59. The lowest BCUT2D eigenvalue weighted by atomic mass is 9.99. The van der Waals surface area contributed by atoms with Gasteiger partial charge < -0.3 is 15.6 Å². The average Bonchev–Trinajstić information content (AvgIpc) is 2.39. The summed E-state index contributed by atoms with van der Waals surface area (Å²) in [6.45, 7) is 0.000353. The van der Waals surface area contributed by atoms with Gasteiger partial charge in [-0.1, -0.05) is 30.3 Å². The first-order valence-corrected chi connectivity index (χ1v) is 5.67. The minimum absolute atomic E-state index is 0. The first-order chi connectivity index (χ1) is 8.26. The van der Waals surface area contributed by atoms with Gasteiger partial charge in [0.05, 0.1) is 13.7 Å². The summed E-state index contributed by atoms with van der Waals surface area (Å²) in [5.74, 6) is 0.863. The number of fused-ring (bicyclic) bond motifs is 1. The quantitative estimate of drug-likeness (QED) is 0.892. The van der Waals surface area contributed by atoms with Crippen molar-refractivity contribution < 1.29 is 9.84 Å². The number of rotatable bonds is 4. The molecule has 2 aromatic carbocycles. The molecule has 2 rings (SSSR count). The van der Waals surface area contributed by atoms with Crippen molar-refractivity contribution in [1.29, 1.82) is 0 Å². The van der Waals surface area contributed by atoms with Gasteiger partial charge in [0, 0.05) is 11.4 Å². The van der Waals surface area contributed by atoms with Crippen LogP contribution in [0, 0.1) is 0 Å². The van der Waals surface area contributed by atoms with Crippen molar-refractivity contribution in [2.24, 2.45) is 5.73 Å². The molecule has 2 aromatic rings. The van der Waals surface area contributed by atoms with E-state index >= 15 is 0 Å². The molecule has 0 bridgehead atoms. The van der Waals surface area contributed by atoms with Gasteiger partial charge in [-0.2, -0.15) is 0 Å². The monoisotopic (exact) mass is 267 g/mol. The molecule has 3 nitrogen and oxygen atoms in total. The fraction of sp³-hybridized carbons (Fsp3) is 0.286. The van der Waals surface area contributed by atoms with Gasteiger partial charge >= 0.3 is 0 Å². The summed E-state index contributed by atoms with van der Waals surface area (Å²) in [4.78, 5) is 0. The number of methoxy groups -OCH3 is 1. The summed E-state index contributed by atoms with van der Waals surface area (Å²) in [5.41, 5.74) is 6.93. The number of hydrogen-bond acceptors (Lipinski definition) is 3. The lowest BCUT2D eigenvalue weighted by molar-refractivity contribution is 0.265. The first-order valence-electron chi connectivity index (χ1n) is 5.67. The summed E-state index contributed by atoms with van der Waals surface area (Å²) < 4.78 is 5.33. The number of nitrogens with two attached hydrogens (primary N) is 1. The number of hydrogen-bond donors (Lipinski definition) is 2. The fourth-order valence-corrected chi connectivity index (χ4v) is 2.04. The molecule has 1 unspecified atom stereocenters. The van der Waals surface area contributed by atoms with Crippen molar-refractivity contribution in [3.8, 4) is 5.75 Å². The predicted octanol–water partition coefficient (Wildman–Crippen LogP) is 2.13. The number of benzene rings is 2. The highest BCUT2D eigenvalue weighted by molar-refractivity contribution is 5.91. The maximum absolute atomic E-state index is 9.02.